The third kappa shape index (κ3) is 5.63. The minimum Gasteiger partial charge on any atom is -0.441 e. The van der Waals surface area contributed by atoms with Gasteiger partial charge in [0.05, 0.1) is 16.3 Å². The van der Waals surface area contributed by atoms with Crippen LogP contribution in [-0.4, -0.2) is 10.5 Å². The maximum Gasteiger partial charge on any atom is 0.412 e. The van der Waals surface area contributed by atoms with Crippen LogP contribution in [0.1, 0.15) is 57.0 Å². The van der Waals surface area contributed by atoms with Gasteiger partial charge in [-0.1, -0.05) is 99.6 Å². The number of carbonyl (C=O) groups excluding carboxylic acids is 1. The van der Waals surface area contributed by atoms with Gasteiger partial charge in [0.2, 0.25) is 0 Å². The van der Waals surface area contributed by atoms with E-state index >= 15 is 0 Å². The number of amides is 1. The molecule has 1 atom stereocenters. The average Bonchev–Trinajstić information content (AvgIpc) is 3.24. The highest BCUT2D eigenvalue weighted by Crippen LogP contribution is 2.36. The van der Waals surface area contributed by atoms with E-state index in [2.05, 4.69) is 79.0 Å². The molecule has 0 radical (unpaired) electrons. The summed E-state index contributed by atoms with van der Waals surface area (Å²) in [6.07, 6.45) is 0.266. The number of rotatable bonds is 7. The van der Waals surface area contributed by atoms with Crippen LogP contribution < -0.4 is 5.32 Å². The Hall–Kier alpha value is -3.44. The van der Waals surface area contributed by atoms with Gasteiger partial charge in [-0.05, 0) is 65.0 Å². The molecule has 0 aliphatic rings. The summed E-state index contributed by atoms with van der Waals surface area (Å²) < 4.78 is 10.1. The molecule has 4 aromatic rings. The van der Waals surface area contributed by atoms with Crippen molar-refractivity contribution in [3.05, 3.63) is 95.7 Å². The highest BCUT2D eigenvalue weighted by Gasteiger charge is 2.19. The third-order valence-electron chi connectivity index (χ3n) is 6.67. The fourth-order valence-electron chi connectivity index (χ4n) is 3.93. The Morgan fingerprint density at radius 3 is 2.11 bits per heavy atom. The monoisotopic (exact) mass is 484 g/mol. The number of anilines is 1. The van der Waals surface area contributed by atoms with Crippen molar-refractivity contribution in [3.8, 4) is 21.6 Å². The Bertz CT molecular complexity index is 1280. The van der Waals surface area contributed by atoms with Gasteiger partial charge < -0.3 is 4.74 Å². The molecule has 1 N–H and O–H groups in total. The van der Waals surface area contributed by atoms with Crippen molar-refractivity contribution in [2.24, 2.45) is 0 Å². The molecule has 0 unspecified atom stereocenters. The smallest absolute Gasteiger partial charge is 0.412 e. The van der Waals surface area contributed by atoms with Gasteiger partial charge in [0.15, 0.2) is 0 Å². The minimum atomic E-state index is -0.488. The molecule has 0 saturated carbocycles. The zero-order valence-corrected chi connectivity index (χ0v) is 21.8. The van der Waals surface area contributed by atoms with E-state index in [4.69, 9.17) is 4.74 Å². The maximum absolute atomic E-state index is 12.6. The van der Waals surface area contributed by atoms with Gasteiger partial charge in [-0.25, -0.2) is 4.79 Å². The van der Waals surface area contributed by atoms with Crippen molar-refractivity contribution < 1.29 is 9.53 Å². The van der Waals surface area contributed by atoms with E-state index in [-0.39, 0.29) is 11.5 Å². The first-order valence-electron chi connectivity index (χ1n) is 12.0. The highest BCUT2D eigenvalue weighted by atomic mass is 32.1. The second kappa shape index (κ2) is 10.4. The standard InChI is InChI=1S/C30H32N2O2S/c1-6-30(4,5)26-18-16-24(17-19-26)23-12-14-25(15-13-23)28-27(20(2)32-35-28)31-29(33)34-21(3)22-10-8-7-9-11-22/h7-19,21H,6H2,1-5H3,(H,31,33)/t21-/m1/s1. The number of carbonyl (C=O) groups is 1. The molecular weight excluding hydrogens is 452 g/mol. The molecule has 0 spiro atoms. The molecule has 5 heteroatoms. The predicted octanol–water partition coefficient (Wildman–Crippen LogP) is 8.78. The molecule has 0 bridgehead atoms. The molecular formula is C30H32N2O2S. The number of nitrogens with zero attached hydrogens (tertiary/aromatic N) is 1. The second-order valence-electron chi connectivity index (χ2n) is 9.45. The number of aryl methyl sites for hydroxylation is 1. The minimum absolute atomic E-state index is 0.176. The first-order chi connectivity index (χ1) is 16.8. The SMILES string of the molecule is CCC(C)(C)c1ccc(-c2ccc(-c3snc(C)c3NC(=O)O[C@H](C)c3ccccc3)cc2)cc1. The van der Waals surface area contributed by atoms with Crippen molar-refractivity contribution in [3.63, 3.8) is 0 Å². The van der Waals surface area contributed by atoms with E-state index in [1.807, 2.05) is 44.2 Å². The molecule has 0 fully saturated rings. The van der Waals surface area contributed by atoms with E-state index in [9.17, 15) is 4.79 Å². The summed E-state index contributed by atoms with van der Waals surface area (Å²) in [5, 5.41) is 2.92. The van der Waals surface area contributed by atoms with Crippen LogP contribution in [0.3, 0.4) is 0 Å². The zero-order chi connectivity index (χ0) is 25.0. The van der Waals surface area contributed by atoms with Gasteiger partial charge in [0.25, 0.3) is 0 Å². The van der Waals surface area contributed by atoms with Gasteiger partial charge >= 0.3 is 6.09 Å². The Morgan fingerprint density at radius 2 is 1.51 bits per heavy atom. The van der Waals surface area contributed by atoms with Crippen LogP contribution in [0.15, 0.2) is 78.9 Å². The van der Waals surface area contributed by atoms with E-state index in [1.165, 1.54) is 22.7 Å². The van der Waals surface area contributed by atoms with Crippen molar-refractivity contribution in [1.82, 2.24) is 4.37 Å². The molecule has 1 amide bonds. The first-order valence-corrected chi connectivity index (χ1v) is 12.8. The first kappa shape index (κ1) is 24.7. The zero-order valence-electron chi connectivity index (χ0n) is 21.0. The summed E-state index contributed by atoms with van der Waals surface area (Å²) in [6.45, 7) is 10.5. The Morgan fingerprint density at radius 1 is 0.943 bits per heavy atom. The van der Waals surface area contributed by atoms with Crippen molar-refractivity contribution in [2.75, 3.05) is 5.32 Å². The summed E-state index contributed by atoms with van der Waals surface area (Å²) in [4.78, 5) is 13.5. The van der Waals surface area contributed by atoms with Crippen LogP contribution in [0.5, 0.6) is 0 Å². The van der Waals surface area contributed by atoms with Crippen LogP contribution in [-0.2, 0) is 10.2 Å². The second-order valence-corrected chi connectivity index (χ2v) is 10.2. The maximum atomic E-state index is 12.6. The van der Waals surface area contributed by atoms with Crippen LogP contribution in [0.4, 0.5) is 10.5 Å². The average molecular weight is 485 g/mol. The van der Waals surface area contributed by atoms with Crippen molar-refractivity contribution in [2.45, 2.75) is 52.6 Å². The molecule has 4 rings (SSSR count). The van der Waals surface area contributed by atoms with Crippen LogP contribution in [0.2, 0.25) is 0 Å². The summed E-state index contributed by atoms with van der Waals surface area (Å²) in [7, 11) is 0. The van der Waals surface area contributed by atoms with Crippen molar-refractivity contribution in [1.29, 1.82) is 0 Å². The van der Waals surface area contributed by atoms with E-state index in [0.717, 1.165) is 33.7 Å². The summed E-state index contributed by atoms with van der Waals surface area (Å²) in [5.74, 6) is 0. The fourth-order valence-corrected chi connectivity index (χ4v) is 4.78. The third-order valence-corrected chi connectivity index (χ3v) is 7.66. The normalized spacial score (nSPS) is 12.3. The summed E-state index contributed by atoms with van der Waals surface area (Å²) in [5.41, 5.74) is 7.29. The molecule has 1 heterocycles. The fraction of sp³-hybridized carbons (Fsp3) is 0.267. The summed E-state index contributed by atoms with van der Waals surface area (Å²) in [6, 6.07) is 26.9. The molecule has 0 aliphatic carbocycles. The Balaban J connectivity index is 1.49. The van der Waals surface area contributed by atoms with Gasteiger partial charge in [0, 0.05) is 0 Å². The van der Waals surface area contributed by atoms with Gasteiger partial charge in [-0.15, -0.1) is 0 Å². The lowest BCUT2D eigenvalue weighted by atomic mass is 9.82. The Kier molecular flexibility index (Phi) is 7.37. The Labute approximate surface area is 212 Å². The lowest BCUT2D eigenvalue weighted by Crippen LogP contribution is -2.16. The number of benzene rings is 3. The summed E-state index contributed by atoms with van der Waals surface area (Å²) >= 11 is 1.38. The molecule has 1 aromatic heterocycles. The van der Waals surface area contributed by atoms with Gasteiger partial charge in [0.1, 0.15) is 6.10 Å². The molecule has 0 aliphatic heterocycles. The van der Waals surface area contributed by atoms with Crippen LogP contribution >= 0.6 is 11.5 Å². The van der Waals surface area contributed by atoms with Crippen LogP contribution in [0, 0.1) is 6.92 Å². The van der Waals surface area contributed by atoms with Crippen LogP contribution in [0.25, 0.3) is 21.6 Å². The number of nitrogens with one attached hydrogen (secondary N) is 1. The van der Waals surface area contributed by atoms with E-state index in [0.29, 0.717) is 5.69 Å². The lowest BCUT2D eigenvalue weighted by molar-refractivity contribution is 0.121. The molecule has 180 valence electrons. The van der Waals surface area contributed by atoms with Gasteiger partial charge in [-0.2, -0.15) is 4.37 Å². The van der Waals surface area contributed by atoms with E-state index in [1.54, 1.807) is 0 Å². The topological polar surface area (TPSA) is 51.2 Å². The number of hydrogen-bond donors (Lipinski definition) is 1. The lowest BCUT2D eigenvalue weighted by Gasteiger charge is -2.23. The predicted molar refractivity (Wildman–Crippen MR) is 146 cm³/mol. The molecule has 0 saturated heterocycles. The molecule has 4 nitrogen and oxygen atoms in total. The molecule has 3 aromatic carbocycles. The number of aromatic nitrogens is 1. The van der Waals surface area contributed by atoms with Crippen molar-refractivity contribution >= 4 is 23.3 Å². The number of hydrogen-bond acceptors (Lipinski definition) is 4. The van der Waals surface area contributed by atoms with E-state index < -0.39 is 6.09 Å². The van der Waals surface area contributed by atoms with Gasteiger partial charge in [-0.3, -0.25) is 5.32 Å². The largest absolute Gasteiger partial charge is 0.441 e. The number of ether oxygens (including phenoxy) is 1. The highest BCUT2D eigenvalue weighted by molar-refractivity contribution is 7.10. The molecule has 35 heavy (non-hydrogen) atoms. The quantitative estimate of drug-likeness (QED) is 0.285.